The minimum atomic E-state index is -0.921. The summed E-state index contributed by atoms with van der Waals surface area (Å²) in [5, 5.41) is 11.7. The van der Waals surface area contributed by atoms with Crippen molar-refractivity contribution in [3.63, 3.8) is 0 Å². The summed E-state index contributed by atoms with van der Waals surface area (Å²) in [4.78, 5) is 22.9. The Morgan fingerprint density at radius 1 is 1.38 bits per heavy atom. The molecule has 0 radical (unpaired) electrons. The molecule has 5 nitrogen and oxygen atoms in total. The Morgan fingerprint density at radius 2 is 2.05 bits per heavy atom. The van der Waals surface area contributed by atoms with E-state index < -0.39 is 12.1 Å². The molecule has 5 heteroatoms. The molecular formula is C16H19NO4. The fraction of sp³-hybridized carbons (Fsp3) is 0.500. The number of anilines is 1. The van der Waals surface area contributed by atoms with Gasteiger partial charge in [-0.25, -0.2) is 0 Å². The van der Waals surface area contributed by atoms with Gasteiger partial charge in [-0.15, -0.1) is 0 Å². The monoisotopic (exact) mass is 289 g/mol. The Balaban J connectivity index is 1.86. The maximum atomic E-state index is 12.1. The normalized spacial score (nSPS) is 21.6. The lowest BCUT2D eigenvalue weighted by Gasteiger charge is -2.30. The zero-order valence-corrected chi connectivity index (χ0v) is 12.0. The molecule has 0 saturated carbocycles. The predicted octanol–water partition coefficient (Wildman–Crippen LogP) is 2.38. The molecule has 1 aliphatic heterocycles. The molecule has 112 valence electrons. The highest BCUT2D eigenvalue weighted by atomic mass is 16.5. The van der Waals surface area contributed by atoms with Crippen LogP contribution in [0.4, 0.5) is 5.69 Å². The summed E-state index contributed by atoms with van der Waals surface area (Å²) >= 11 is 0. The van der Waals surface area contributed by atoms with Gasteiger partial charge in [0.2, 0.25) is 0 Å². The number of nitrogens with one attached hydrogen (secondary N) is 1. The number of carbonyl (C=O) groups excluding carboxylic acids is 1. The number of hydrogen-bond acceptors (Lipinski definition) is 3. The van der Waals surface area contributed by atoms with E-state index in [9.17, 15) is 9.59 Å². The number of benzene rings is 1. The van der Waals surface area contributed by atoms with E-state index >= 15 is 0 Å². The lowest BCUT2D eigenvalue weighted by atomic mass is 9.90. The maximum absolute atomic E-state index is 12.1. The summed E-state index contributed by atoms with van der Waals surface area (Å²) in [5.74, 6) is -0.883. The van der Waals surface area contributed by atoms with Crippen molar-refractivity contribution in [1.29, 1.82) is 0 Å². The van der Waals surface area contributed by atoms with Crippen molar-refractivity contribution >= 4 is 17.6 Å². The third-order valence-corrected chi connectivity index (χ3v) is 4.23. The second kappa shape index (κ2) is 5.39. The minimum absolute atomic E-state index is 0.0850. The number of ether oxygens (including phenoxy) is 1. The molecule has 1 aliphatic carbocycles. The summed E-state index contributed by atoms with van der Waals surface area (Å²) < 4.78 is 5.80. The van der Waals surface area contributed by atoms with Gasteiger partial charge >= 0.3 is 5.97 Å². The maximum Gasteiger partial charge on any atom is 0.303 e. The van der Waals surface area contributed by atoms with Crippen molar-refractivity contribution in [2.75, 3.05) is 5.32 Å². The van der Waals surface area contributed by atoms with Crippen LogP contribution in [0.5, 0.6) is 5.75 Å². The minimum Gasteiger partial charge on any atom is -0.481 e. The van der Waals surface area contributed by atoms with E-state index in [0.717, 1.165) is 12.8 Å². The summed E-state index contributed by atoms with van der Waals surface area (Å²) in [5.41, 5.74) is 3.26. The molecule has 21 heavy (non-hydrogen) atoms. The van der Waals surface area contributed by atoms with Crippen molar-refractivity contribution in [2.24, 2.45) is 5.92 Å². The van der Waals surface area contributed by atoms with E-state index in [-0.39, 0.29) is 18.2 Å². The highest BCUT2D eigenvalue weighted by Gasteiger charge is 2.34. The Hall–Kier alpha value is -2.04. The van der Waals surface area contributed by atoms with Crippen LogP contribution in [0.1, 0.15) is 37.3 Å². The average Bonchev–Trinajstić information content (AvgIpc) is 2.43. The molecule has 0 fully saturated rings. The topological polar surface area (TPSA) is 75.6 Å². The van der Waals surface area contributed by atoms with Crippen LogP contribution >= 0.6 is 0 Å². The Kier molecular flexibility index (Phi) is 3.57. The first-order valence-electron chi connectivity index (χ1n) is 7.39. The zero-order chi connectivity index (χ0) is 15.0. The fourth-order valence-electron chi connectivity index (χ4n) is 3.11. The molecule has 1 heterocycles. The molecule has 0 spiro atoms. The van der Waals surface area contributed by atoms with Crippen molar-refractivity contribution in [2.45, 2.75) is 45.1 Å². The predicted molar refractivity (Wildman–Crippen MR) is 77.5 cm³/mol. The highest BCUT2D eigenvalue weighted by molar-refractivity contribution is 5.98. The van der Waals surface area contributed by atoms with Crippen molar-refractivity contribution in [3.05, 3.63) is 23.3 Å². The fourth-order valence-corrected chi connectivity index (χ4v) is 3.11. The van der Waals surface area contributed by atoms with Gasteiger partial charge in [-0.1, -0.05) is 6.92 Å². The van der Waals surface area contributed by atoms with E-state index in [4.69, 9.17) is 9.84 Å². The molecule has 0 aromatic heterocycles. The average molecular weight is 289 g/mol. The molecule has 3 rings (SSSR count). The second-order valence-electron chi connectivity index (χ2n) is 5.93. The number of hydrogen-bond donors (Lipinski definition) is 2. The zero-order valence-electron chi connectivity index (χ0n) is 12.0. The molecule has 1 amide bonds. The smallest absolute Gasteiger partial charge is 0.303 e. The van der Waals surface area contributed by atoms with Gasteiger partial charge in [0.15, 0.2) is 6.10 Å². The van der Waals surface area contributed by atoms with Gasteiger partial charge in [0.1, 0.15) is 5.75 Å². The van der Waals surface area contributed by atoms with Gasteiger partial charge in [0.05, 0.1) is 12.1 Å². The summed E-state index contributed by atoms with van der Waals surface area (Å²) in [6.45, 7) is 1.72. The molecular weight excluding hydrogens is 270 g/mol. The van der Waals surface area contributed by atoms with Crippen LogP contribution in [0.2, 0.25) is 0 Å². The SMILES string of the molecule is C[C@H](CC(=O)O)C1Oc2cc3c(cc2NC1=O)CCCC3. The van der Waals surface area contributed by atoms with Crippen LogP contribution in [-0.2, 0) is 22.4 Å². The first kappa shape index (κ1) is 13.9. The molecule has 2 N–H and O–H groups in total. The van der Waals surface area contributed by atoms with Crippen LogP contribution in [0, 0.1) is 5.92 Å². The summed E-state index contributed by atoms with van der Waals surface area (Å²) in [6.07, 6.45) is 3.61. The van der Waals surface area contributed by atoms with E-state index in [2.05, 4.69) is 5.32 Å². The third-order valence-electron chi connectivity index (χ3n) is 4.23. The molecule has 0 saturated heterocycles. The molecule has 1 aromatic rings. The number of aliphatic carboxylic acids is 1. The quantitative estimate of drug-likeness (QED) is 0.895. The van der Waals surface area contributed by atoms with Crippen LogP contribution in [0.3, 0.4) is 0 Å². The molecule has 1 aromatic carbocycles. The van der Waals surface area contributed by atoms with Crippen molar-refractivity contribution < 1.29 is 19.4 Å². The number of rotatable bonds is 3. The molecule has 2 aliphatic rings. The Bertz CT molecular complexity index is 596. The first-order chi connectivity index (χ1) is 10.0. The van der Waals surface area contributed by atoms with Gasteiger partial charge in [0, 0.05) is 5.92 Å². The van der Waals surface area contributed by atoms with Crippen LogP contribution in [0.15, 0.2) is 12.1 Å². The van der Waals surface area contributed by atoms with Gasteiger partial charge in [-0.3, -0.25) is 9.59 Å². The first-order valence-corrected chi connectivity index (χ1v) is 7.39. The van der Waals surface area contributed by atoms with Crippen LogP contribution < -0.4 is 10.1 Å². The second-order valence-corrected chi connectivity index (χ2v) is 5.93. The summed E-state index contributed by atoms with van der Waals surface area (Å²) in [6, 6.07) is 4.00. The number of amides is 1. The Labute approximate surface area is 123 Å². The molecule has 1 unspecified atom stereocenters. The number of carboxylic acids is 1. The van der Waals surface area contributed by atoms with Crippen molar-refractivity contribution in [1.82, 2.24) is 0 Å². The molecule has 0 bridgehead atoms. The van der Waals surface area contributed by atoms with Crippen LogP contribution in [0.25, 0.3) is 0 Å². The van der Waals surface area contributed by atoms with Gasteiger partial charge in [0.25, 0.3) is 5.91 Å². The number of aryl methyl sites for hydroxylation is 2. The van der Waals surface area contributed by atoms with Gasteiger partial charge in [-0.2, -0.15) is 0 Å². The van der Waals surface area contributed by atoms with E-state index in [1.54, 1.807) is 6.92 Å². The van der Waals surface area contributed by atoms with E-state index in [0.29, 0.717) is 11.4 Å². The van der Waals surface area contributed by atoms with Crippen molar-refractivity contribution in [3.8, 4) is 5.75 Å². The molecule has 2 atom stereocenters. The largest absolute Gasteiger partial charge is 0.481 e. The number of carbonyl (C=O) groups is 2. The van der Waals surface area contributed by atoms with Gasteiger partial charge in [-0.05, 0) is 48.9 Å². The lowest BCUT2D eigenvalue weighted by Crippen LogP contribution is -2.42. The van der Waals surface area contributed by atoms with Gasteiger partial charge < -0.3 is 15.2 Å². The van der Waals surface area contributed by atoms with E-state index in [1.807, 2.05) is 12.1 Å². The Morgan fingerprint density at radius 3 is 2.71 bits per heavy atom. The standard InChI is InChI=1S/C16H19NO4/c1-9(6-14(18)19)15-16(20)17-12-7-10-4-2-3-5-11(10)8-13(12)21-15/h7-9,15H,2-6H2,1H3,(H,17,20)(H,18,19)/t9-,15?/m1/s1. The summed E-state index contributed by atoms with van der Waals surface area (Å²) in [7, 11) is 0. The number of fused-ring (bicyclic) bond motifs is 2. The third kappa shape index (κ3) is 2.73. The lowest BCUT2D eigenvalue weighted by molar-refractivity contribution is -0.139. The van der Waals surface area contributed by atoms with Crippen LogP contribution in [-0.4, -0.2) is 23.1 Å². The highest BCUT2D eigenvalue weighted by Crippen LogP contribution is 2.37. The number of carboxylic acid groups (broad SMARTS) is 1. The van der Waals surface area contributed by atoms with E-state index in [1.165, 1.54) is 24.0 Å².